The maximum atomic E-state index is 12.3. The van der Waals surface area contributed by atoms with E-state index in [1.165, 1.54) is 23.8 Å². The van der Waals surface area contributed by atoms with Crippen LogP contribution in [0.2, 0.25) is 0 Å². The molecule has 1 aliphatic heterocycles. The Morgan fingerprint density at radius 3 is 2.88 bits per heavy atom. The monoisotopic (exact) mass is 366 g/mol. The Morgan fingerprint density at radius 1 is 1.42 bits per heavy atom. The van der Waals surface area contributed by atoms with E-state index >= 15 is 0 Å². The number of thiazole rings is 1. The van der Waals surface area contributed by atoms with Crippen LogP contribution in [0.5, 0.6) is 0 Å². The highest BCUT2D eigenvalue weighted by atomic mass is 32.2. The minimum atomic E-state index is -2.19. The number of rotatable bonds is 5. The van der Waals surface area contributed by atoms with Crippen LogP contribution in [0.1, 0.15) is 5.56 Å². The first-order valence-electron chi connectivity index (χ1n) is 6.92. The smallest absolute Gasteiger partial charge is 0.266 e. The molecule has 7 nitrogen and oxygen atoms in total. The molecule has 0 spiro atoms. The first-order valence-corrected chi connectivity index (χ1v) is 8.84. The van der Waals surface area contributed by atoms with Crippen molar-refractivity contribution >= 4 is 34.4 Å². The molecule has 0 aliphatic carbocycles. The summed E-state index contributed by atoms with van der Waals surface area (Å²) in [6.45, 7) is 0.112. The van der Waals surface area contributed by atoms with Gasteiger partial charge in [0.25, 0.3) is 16.8 Å². The van der Waals surface area contributed by atoms with Gasteiger partial charge in [-0.15, -0.1) is 11.3 Å². The van der Waals surface area contributed by atoms with Gasteiger partial charge in [-0.2, -0.15) is 0 Å². The fraction of sp³-hybridized carbons (Fsp3) is 0.133. The number of hydrogen-bond acceptors (Lipinski definition) is 5. The molecule has 126 valence electrons. The van der Waals surface area contributed by atoms with E-state index in [-0.39, 0.29) is 12.4 Å². The van der Waals surface area contributed by atoms with E-state index in [2.05, 4.69) is 9.71 Å². The van der Waals surface area contributed by atoms with Crippen LogP contribution in [-0.2, 0) is 27.2 Å². The normalized spacial score (nSPS) is 16.9. The second-order valence-electron chi connectivity index (χ2n) is 4.81. The molecule has 1 atom stereocenters. The maximum absolute atomic E-state index is 12.3. The zero-order chi connectivity index (χ0) is 16.9. The zero-order valence-corrected chi connectivity index (χ0v) is 14.0. The molecule has 3 N–H and O–H groups in total. The van der Waals surface area contributed by atoms with Gasteiger partial charge >= 0.3 is 0 Å². The summed E-state index contributed by atoms with van der Waals surface area (Å²) in [5.74, 6) is 0.511. The van der Waals surface area contributed by atoms with Crippen molar-refractivity contribution in [2.45, 2.75) is 6.42 Å². The third kappa shape index (κ3) is 3.94. The summed E-state index contributed by atoms with van der Waals surface area (Å²) in [7, 11) is 0. The molecule has 3 rings (SSSR count). The zero-order valence-electron chi connectivity index (χ0n) is 12.4. The summed E-state index contributed by atoms with van der Waals surface area (Å²) in [4.78, 5) is 14.9. The van der Waals surface area contributed by atoms with Crippen LogP contribution >= 0.6 is 11.3 Å². The van der Waals surface area contributed by atoms with Crippen LogP contribution in [-0.4, -0.2) is 20.5 Å². The molecule has 1 unspecified atom stereocenters. The lowest BCUT2D eigenvalue weighted by molar-refractivity contribution is 0.0851. The molecule has 1 aliphatic rings. The third-order valence-electron chi connectivity index (χ3n) is 3.21. The molecule has 0 saturated carbocycles. The topological polar surface area (TPSA) is 101 Å². The Morgan fingerprint density at radius 2 is 2.21 bits per heavy atom. The van der Waals surface area contributed by atoms with Crippen molar-refractivity contribution in [2.75, 3.05) is 6.79 Å². The maximum Gasteiger partial charge on any atom is 0.266 e. The number of allylic oxidation sites excluding steroid dienone is 1. The number of hydrogen-bond donors (Lipinski definition) is 3. The highest BCUT2D eigenvalue weighted by Crippen LogP contribution is 2.21. The van der Waals surface area contributed by atoms with Crippen molar-refractivity contribution in [3.63, 3.8) is 0 Å². The van der Waals surface area contributed by atoms with Crippen molar-refractivity contribution in [1.29, 1.82) is 0 Å². The summed E-state index contributed by atoms with van der Waals surface area (Å²) >= 11 is -1.02. The van der Waals surface area contributed by atoms with Crippen LogP contribution in [0.4, 0.5) is 0 Å². The quantitative estimate of drug-likeness (QED) is 0.654. The Labute approximate surface area is 143 Å². The molecule has 0 amide bonds. The largest absolute Gasteiger partial charge is 0.461 e. The van der Waals surface area contributed by atoms with E-state index in [1.54, 1.807) is 0 Å². The Balaban J connectivity index is 2.10. The van der Waals surface area contributed by atoms with Gasteiger partial charge in [-0.05, 0) is 5.56 Å². The summed E-state index contributed by atoms with van der Waals surface area (Å²) in [5, 5.41) is 0. The van der Waals surface area contributed by atoms with Crippen LogP contribution in [0.3, 0.4) is 0 Å². The fourth-order valence-corrected chi connectivity index (χ4v) is 3.41. The molecule has 2 heterocycles. The third-order valence-corrected chi connectivity index (χ3v) is 4.61. The summed E-state index contributed by atoms with van der Waals surface area (Å²) in [6, 6.07) is 9.68. The summed E-state index contributed by atoms with van der Waals surface area (Å²) in [5.41, 5.74) is 1.44. The van der Waals surface area contributed by atoms with Crippen LogP contribution in [0, 0.1) is 0 Å². The van der Waals surface area contributed by atoms with Gasteiger partial charge in [0.1, 0.15) is 15.5 Å². The summed E-state index contributed by atoms with van der Waals surface area (Å²) < 4.78 is 33.1. The lowest BCUT2D eigenvalue weighted by Crippen LogP contribution is -2.24. The van der Waals surface area contributed by atoms with Crippen LogP contribution in [0.15, 0.2) is 47.1 Å². The van der Waals surface area contributed by atoms with E-state index in [9.17, 15) is 9.00 Å². The highest BCUT2D eigenvalue weighted by Gasteiger charge is 2.16. The van der Waals surface area contributed by atoms with Gasteiger partial charge in [-0.1, -0.05) is 30.3 Å². The van der Waals surface area contributed by atoms with E-state index < -0.39 is 11.3 Å². The molecular formula is C15H14N2O5S2. The number of ether oxygens (including phenoxy) is 2. The number of benzene rings is 1. The van der Waals surface area contributed by atoms with E-state index in [0.29, 0.717) is 26.9 Å². The van der Waals surface area contributed by atoms with Crippen molar-refractivity contribution in [3.05, 3.63) is 67.5 Å². The highest BCUT2D eigenvalue weighted by molar-refractivity contribution is 7.77. The van der Waals surface area contributed by atoms with Crippen LogP contribution < -0.4 is 19.5 Å². The van der Waals surface area contributed by atoms with Gasteiger partial charge < -0.3 is 14.5 Å². The molecular weight excluding hydrogens is 352 g/mol. The Bertz CT molecular complexity index is 946. The lowest BCUT2D eigenvalue weighted by atomic mass is 10.0. The minimum absolute atomic E-state index is 0.112. The average Bonchev–Trinajstić information content (AvgIpc) is 3.22. The first kappa shape index (κ1) is 16.5. The van der Waals surface area contributed by atoms with Gasteiger partial charge in [-0.25, -0.2) is 4.21 Å². The molecule has 2 aromatic rings. The molecule has 9 heteroatoms. The van der Waals surface area contributed by atoms with Gasteiger partial charge in [-0.3, -0.25) is 14.1 Å². The van der Waals surface area contributed by atoms with Crippen LogP contribution in [0.25, 0.3) is 11.8 Å². The predicted molar refractivity (Wildman–Crippen MR) is 91.2 cm³/mol. The molecule has 0 bridgehead atoms. The SMILES string of the molecule is O=c1[nH]c(=CNS(=O)O)sc1=C(Cc1ccccc1)C1=COCO1. The molecule has 24 heavy (non-hydrogen) atoms. The number of aromatic amines is 1. The molecule has 0 fully saturated rings. The van der Waals surface area contributed by atoms with Crippen molar-refractivity contribution < 1.29 is 18.2 Å². The van der Waals surface area contributed by atoms with Gasteiger partial charge in [0.15, 0.2) is 5.76 Å². The Kier molecular flexibility index (Phi) is 5.14. The predicted octanol–water partition coefficient (Wildman–Crippen LogP) is 0.140. The first-order chi connectivity index (χ1) is 11.6. The Hall–Kier alpha value is -2.36. The van der Waals surface area contributed by atoms with Crippen molar-refractivity contribution in [3.8, 4) is 0 Å². The minimum Gasteiger partial charge on any atom is -0.461 e. The van der Waals surface area contributed by atoms with E-state index in [1.807, 2.05) is 30.3 Å². The van der Waals surface area contributed by atoms with Gasteiger partial charge in [0, 0.05) is 18.2 Å². The lowest BCUT2D eigenvalue weighted by Gasteiger charge is -2.06. The standard InChI is InChI=1S/C15H14N2O5S2/c18-15-14(23-13(17-15)7-16-24(19)20)11(12-8-21-9-22-12)6-10-4-2-1-3-5-10/h1-5,7-8,16H,6,9H2,(H,17,18)(H,19,20). The van der Waals surface area contributed by atoms with Crippen molar-refractivity contribution in [2.24, 2.45) is 0 Å². The number of H-pyrrole nitrogens is 1. The van der Waals surface area contributed by atoms with Crippen molar-refractivity contribution in [1.82, 2.24) is 9.71 Å². The molecule has 0 radical (unpaired) electrons. The molecule has 1 aromatic carbocycles. The van der Waals surface area contributed by atoms with E-state index in [4.69, 9.17) is 14.0 Å². The van der Waals surface area contributed by atoms with E-state index in [0.717, 1.165) is 5.56 Å². The second kappa shape index (κ2) is 7.47. The summed E-state index contributed by atoms with van der Waals surface area (Å²) in [6.07, 6.45) is 3.27. The van der Waals surface area contributed by atoms with Gasteiger partial charge in [0.2, 0.25) is 6.79 Å². The van der Waals surface area contributed by atoms with Gasteiger partial charge in [0.05, 0.1) is 0 Å². The number of nitrogens with one attached hydrogen (secondary N) is 2. The molecule has 1 aromatic heterocycles. The fourth-order valence-electron chi connectivity index (χ4n) is 2.20. The average molecular weight is 366 g/mol. The number of aromatic nitrogens is 1. The molecule has 0 saturated heterocycles. The second-order valence-corrected chi connectivity index (χ2v) is 6.60.